The van der Waals surface area contributed by atoms with Crippen LogP contribution in [0.1, 0.15) is 18.5 Å². The summed E-state index contributed by atoms with van der Waals surface area (Å²) in [5, 5.41) is 2.99. The smallest absolute Gasteiger partial charge is 0.330 e. The topological polar surface area (TPSA) is 76.3 Å². The van der Waals surface area contributed by atoms with E-state index in [0.717, 1.165) is 30.5 Å². The Morgan fingerprint density at radius 2 is 1.85 bits per heavy atom. The molecule has 2 rings (SSSR count). The lowest BCUT2D eigenvalue weighted by atomic mass is 10.3. The first-order valence-corrected chi connectivity index (χ1v) is 6.75. The van der Waals surface area contributed by atoms with E-state index in [4.69, 9.17) is 0 Å². The molecule has 0 spiro atoms. The van der Waals surface area contributed by atoms with Crippen molar-refractivity contribution in [1.29, 1.82) is 0 Å². The molecule has 1 saturated heterocycles. The third kappa shape index (κ3) is 2.98. The Labute approximate surface area is 116 Å². The van der Waals surface area contributed by atoms with Crippen molar-refractivity contribution in [3.63, 3.8) is 0 Å². The van der Waals surface area contributed by atoms with E-state index in [0.29, 0.717) is 12.2 Å². The maximum absolute atomic E-state index is 11.8. The number of carbonyl (C=O) groups is 1. The van der Waals surface area contributed by atoms with Gasteiger partial charge in [-0.2, -0.15) is 0 Å². The van der Waals surface area contributed by atoms with E-state index < -0.39 is 0 Å². The molecule has 1 N–H and O–H groups in total. The van der Waals surface area contributed by atoms with Crippen LogP contribution < -0.4 is 16.6 Å². The Balaban J connectivity index is 1.96. The van der Waals surface area contributed by atoms with Crippen molar-refractivity contribution < 1.29 is 4.79 Å². The highest BCUT2D eigenvalue weighted by atomic mass is 16.2. The summed E-state index contributed by atoms with van der Waals surface area (Å²) in [6.45, 7) is 2.19. The molecule has 1 fully saturated rings. The van der Waals surface area contributed by atoms with Crippen LogP contribution in [0.5, 0.6) is 0 Å². The van der Waals surface area contributed by atoms with Crippen LogP contribution in [0.25, 0.3) is 0 Å². The van der Waals surface area contributed by atoms with Gasteiger partial charge in [-0.05, 0) is 12.8 Å². The molecule has 0 radical (unpaired) electrons. The second-order valence-electron chi connectivity index (χ2n) is 5.07. The molecule has 1 aliphatic heterocycles. The number of nitrogens with one attached hydrogen (secondary N) is 1. The van der Waals surface area contributed by atoms with Gasteiger partial charge >= 0.3 is 5.69 Å². The summed E-state index contributed by atoms with van der Waals surface area (Å²) in [5.41, 5.74) is -0.122. The lowest BCUT2D eigenvalue weighted by Crippen LogP contribution is -2.40. The first-order valence-electron chi connectivity index (χ1n) is 6.75. The zero-order chi connectivity index (χ0) is 14.7. The van der Waals surface area contributed by atoms with E-state index in [1.165, 1.54) is 17.7 Å². The van der Waals surface area contributed by atoms with Gasteiger partial charge in [-0.3, -0.25) is 18.7 Å². The summed E-state index contributed by atoms with van der Waals surface area (Å²) in [7, 11) is 3.06. The van der Waals surface area contributed by atoms with E-state index in [1.807, 2.05) is 4.90 Å². The second kappa shape index (κ2) is 6.04. The van der Waals surface area contributed by atoms with Crippen LogP contribution in [0, 0.1) is 0 Å². The highest BCUT2D eigenvalue weighted by Gasteiger charge is 2.17. The molecule has 0 bridgehead atoms. The number of nitrogens with zero attached hydrogens (tertiary/aromatic N) is 3. The number of hydrogen-bond acceptors (Lipinski definition) is 4. The van der Waals surface area contributed by atoms with E-state index >= 15 is 0 Å². The third-order valence-electron chi connectivity index (χ3n) is 3.67. The molecule has 0 aliphatic carbocycles. The van der Waals surface area contributed by atoms with Crippen molar-refractivity contribution in [2.45, 2.75) is 19.4 Å². The minimum Gasteiger partial charge on any atom is -0.342 e. The Morgan fingerprint density at radius 1 is 1.20 bits per heavy atom. The molecule has 2 heterocycles. The number of likely N-dealkylation sites (tertiary alicyclic amines) is 1. The molecule has 1 aromatic heterocycles. The van der Waals surface area contributed by atoms with Crippen LogP contribution in [0.4, 0.5) is 0 Å². The van der Waals surface area contributed by atoms with Crippen molar-refractivity contribution in [3.05, 3.63) is 32.6 Å². The van der Waals surface area contributed by atoms with E-state index in [2.05, 4.69) is 5.32 Å². The highest BCUT2D eigenvalue weighted by molar-refractivity contribution is 5.78. The molecular formula is C13H20N4O3. The monoisotopic (exact) mass is 280 g/mol. The van der Waals surface area contributed by atoms with Gasteiger partial charge in [0.2, 0.25) is 5.91 Å². The highest BCUT2D eigenvalue weighted by Crippen LogP contribution is 2.06. The Kier molecular flexibility index (Phi) is 4.39. The number of hydrogen-bond donors (Lipinski definition) is 1. The fourth-order valence-corrected chi connectivity index (χ4v) is 2.32. The zero-order valence-electron chi connectivity index (χ0n) is 11.9. The van der Waals surface area contributed by atoms with Gasteiger partial charge < -0.3 is 10.2 Å². The lowest BCUT2D eigenvalue weighted by molar-refractivity contribution is -0.129. The van der Waals surface area contributed by atoms with Gasteiger partial charge in [-0.25, -0.2) is 4.79 Å². The molecule has 1 aromatic rings. The maximum Gasteiger partial charge on any atom is 0.330 e. The summed E-state index contributed by atoms with van der Waals surface area (Å²) >= 11 is 0. The molecule has 20 heavy (non-hydrogen) atoms. The first kappa shape index (κ1) is 14.5. The normalized spacial score (nSPS) is 14.8. The summed E-state index contributed by atoms with van der Waals surface area (Å²) in [6.07, 6.45) is 2.13. The largest absolute Gasteiger partial charge is 0.342 e. The van der Waals surface area contributed by atoms with Gasteiger partial charge in [0, 0.05) is 45.5 Å². The van der Waals surface area contributed by atoms with E-state index in [1.54, 1.807) is 7.05 Å². The first-order chi connectivity index (χ1) is 9.50. The van der Waals surface area contributed by atoms with Crippen molar-refractivity contribution in [1.82, 2.24) is 19.4 Å². The van der Waals surface area contributed by atoms with Gasteiger partial charge in [0.05, 0.1) is 6.54 Å². The average Bonchev–Trinajstić information content (AvgIpc) is 2.96. The molecule has 7 nitrogen and oxygen atoms in total. The van der Waals surface area contributed by atoms with Gasteiger partial charge in [0.15, 0.2) is 0 Å². The van der Waals surface area contributed by atoms with Crippen LogP contribution in [-0.2, 0) is 25.4 Å². The van der Waals surface area contributed by atoms with Gasteiger partial charge in [0.25, 0.3) is 5.56 Å². The second-order valence-corrected chi connectivity index (χ2v) is 5.07. The molecule has 1 amide bonds. The quantitative estimate of drug-likeness (QED) is 0.751. The molecule has 1 aliphatic rings. The minimum atomic E-state index is -0.361. The van der Waals surface area contributed by atoms with Crippen molar-refractivity contribution in [3.8, 4) is 0 Å². The third-order valence-corrected chi connectivity index (χ3v) is 3.67. The van der Waals surface area contributed by atoms with E-state index in [-0.39, 0.29) is 23.7 Å². The fourth-order valence-electron chi connectivity index (χ4n) is 2.32. The molecule has 110 valence electrons. The molecule has 0 unspecified atom stereocenters. The summed E-state index contributed by atoms with van der Waals surface area (Å²) in [4.78, 5) is 37.0. The molecule has 7 heteroatoms. The van der Waals surface area contributed by atoms with Crippen LogP contribution in [0.3, 0.4) is 0 Å². The predicted octanol–water partition coefficient (Wildman–Crippen LogP) is -1.20. The molecular weight excluding hydrogens is 260 g/mol. The number of carbonyl (C=O) groups excluding carboxylic acids is 1. The average molecular weight is 280 g/mol. The Morgan fingerprint density at radius 3 is 2.50 bits per heavy atom. The van der Waals surface area contributed by atoms with Gasteiger partial charge in [0.1, 0.15) is 0 Å². The predicted molar refractivity (Wildman–Crippen MR) is 74.4 cm³/mol. The summed E-state index contributed by atoms with van der Waals surface area (Å²) in [6, 6.07) is 1.41. The summed E-state index contributed by atoms with van der Waals surface area (Å²) in [5.74, 6) is 0.0660. The van der Waals surface area contributed by atoms with Crippen molar-refractivity contribution >= 4 is 5.91 Å². The number of amides is 1. The van der Waals surface area contributed by atoms with E-state index in [9.17, 15) is 14.4 Å². The number of aromatic nitrogens is 2. The van der Waals surface area contributed by atoms with Crippen molar-refractivity contribution in [2.24, 2.45) is 14.1 Å². The van der Waals surface area contributed by atoms with Crippen LogP contribution in [0.2, 0.25) is 0 Å². The van der Waals surface area contributed by atoms with Crippen molar-refractivity contribution in [2.75, 3.05) is 19.6 Å². The Hall–Kier alpha value is -1.89. The van der Waals surface area contributed by atoms with Crippen LogP contribution in [-0.4, -0.2) is 39.6 Å². The lowest BCUT2D eigenvalue weighted by Gasteiger charge is -2.16. The zero-order valence-corrected chi connectivity index (χ0v) is 11.9. The fraction of sp³-hybridized carbons (Fsp3) is 0.615. The molecule has 0 atom stereocenters. The van der Waals surface area contributed by atoms with Gasteiger partial charge in [-0.1, -0.05) is 0 Å². The van der Waals surface area contributed by atoms with Crippen LogP contribution in [0.15, 0.2) is 15.7 Å². The summed E-state index contributed by atoms with van der Waals surface area (Å²) < 4.78 is 2.47. The molecule has 0 aromatic carbocycles. The maximum atomic E-state index is 11.8. The number of rotatable bonds is 4. The standard InChI is InChI=1S/C13H20N4O3/c1-15-10(7-11(18)16(2)13(15)20)8-14-9-12(19)17-5-3-4-6-17/h7,14H,3-6,8-9H2,1-2H3. The van der Waals surface area contributed by atoms with Crippen LogP contribution >= 0.6 is 0 Å². The SMILES string of the molecule is Cn1c(CNCC(=O)N2CCCC2)cc(=O)n(C)c1=O. The Bertz CT molecular complexity index is 611. The van der Waals surface area contributed by atoms with Gasteiger partial charge in [-0.15, -0.1) is 0 Å². The minimum absolute atomic E-state index is 0.0660. The molecule has 0 saturated carbocycles.